The summed E-state index contributed by atoms with van der Waals surface area (Å²) < 4.78 is 5.57. The highest BCUT2D eigenvalue weighted by Crippen LogP contribution is 2.21. The number of hydrogen-bond donors (Lipinski definition) is 3. The molecule has 1 aromatic carbocycles. The molecule has 0 fully saturated rings. The lowest BCUT2D eigenvalue weighted by Gasteiger charge is -2.15. The van der Waals surface area contributed by atoms with Crippen LogP contribution in [0.2, 0.25) is 0 Å². The first-order chi connectivity index (χ1) is 6.27. The largest absolute Gasteiger partial charge is 0.487 e. The molecular formula is C9H13NOS2. The molecule has 2 nitrogen and oxygen atoms in total. The highest BCUT2D eigenvalue weighted by atomic mass is 32.1. The van der Waals surface area contributed by atoms with Crippen molar-refractivity contribution < 1.29 is 4.74 Å². The number of para-hydroxylation sites is 2. The van der Waals surface area contributed by atoms with Gasteiger partial charge in [-0.2, -0.15) is 25.3 Å². The maximum absolute atomic E-state index is 5.70. The number of hydrogen-bond acceptors (Lipinski definition) is 4. The quantitative estimate of drug-likeness (QED) is 0.529. The van der Waals surface area contributed by atoms with Crippen LogP contribution in [0.15, 0.2) is 24.3 Å². The molecule has 0 aliphatic heterocycles. The second-order valence-corrected chi connectivity index (χ2v) is 3.37. The SMILES string of the molecule is Nc1ccccc1OC(CS)CS. The fourth-order valence-electron chi connectivity index (χ4n) is 0.900. The van der Waals surface area contributed by atoms with Crippen LogP contribution in [0, 0.1) is 0 Å². The highest BCUT2D eigenvalue weighted by Gasteiger charge is 2.07. The van der Waals surface area contributed by atoms with Crippen molar-refractivity contribution in [3.63, 3.8) is 0 Å². The lowest BCUT2D eigenvalue weighted by Crippen LogP contribution is -2.20. The summed E-state index contributed by atoms with van der Waals surface area (Å²) in [6.07, 6.45) is 0.0105. The van der Waals surface area contributed by atoms with E-state index in [2.05, 4.69) is 25.3 Å². The Morgan fingerprint density at radius 2 is 1.85 bits per heavy atom. The van der Waals surface area contributed by atoms with Gasteiger partial charge >= 0.3 is 0 Å². The van der Waals surface area contributed by atoms with E-state index in [1.165, 1.54) is 0 Å². The molecule has 0 spiro atoms. The molecule has 72 valence electrons. The van der Waals surface area contributed by atoms with E-state index < -0.39 is 0 Å². The van der Waals surface area contributed by atoms with Gasteiger partial charge in [0.25, 0.3) is 0 Å². The Labute approximate surface area is 89.3 Å². The van der Waals surface area contributed by atoms with Crippen molar-refractivity contribution in [1.82, 2.24) is 0 Å². The molecule has 0 aliphatic carbocycles. The van der Waals surface area contributed by atoms with E-state index in [9.17, 15) is 0 Å². The zero-order valence-electron chi connectivity index (χ0n) is 7.18. The topological polar surface area (TPSA) is 35.2 Å². The molecule has 0 atom stereocenters. The molecule has 4 heteroatoms. The molecule has 0 unspecified atom stereocenters. The van der Waals surface area contributed by atoms with Crippen LogP contribution in [0.25, 0.3) is 0 Å². The third kappa shape index (κ3) is 3.04. The van der Waals surface area contributed by atoms with Gasteiger partial charge in [0, 0.05) is 11.5 Å². The van der Waals surface area contributed by atoms with Crippen molar-refractivity contribution >= 4 is 30.9 Å². The molecule has 0 saturated carbocycles. The summed E-state index contributed by atoms with van der Waals surface area (Å²) in [6.45, 7) is 0. The third-order valence-corrected chi connectivity index (χ3v) is 2.43. The number of benzene rings is 1. The molecule has 13 heavy (non-hydrogen) atoms. The Hall–Kier alpha value is -0.480. The van der Waals surface area contributed by atoms with Crippen LogP contribution < -0.4 is 10.5 Å². The normalized spacial score (nSPS) is 10.4. The number of nitrogen functional groups attached to an aromatic ring is 1. The zero-order chi connectivity index (χ0) is 9.68. The van der Waals surface area contributed by atoms with E-state index in [0.29, 0.717) is 22.9 Å². The number of nitrogens with two attached hydrogens (primary N) is 1. The van der Waals surface area contributed by atoms with E-state index >= 15 is 0 Å². The lowest BCUT2D eigenvalue weighted by atomic mass is 10.3. The molecule has 0 amide bonds. The Morgan fingerprint density at radius 1 is 1.23 bits per heavy atom. The van der Waals surface area contributed by atoms with Crippen molar-refractivity contribution in [3.05, 3.63) is 24.3 Å². The molecule has 0 aliphatic rings. The van der Waals surface area contributed by atoms with Crippen molar-refractivity contribution in [2.24, 2.45) is 0 Å². The predicted octanol–water partition coefficient (Wildman–Crippen LogP) is 1.88. The molecule has 1 rings (SSSR count). The summed E-state index contributed by atoms with van der Waals surface area (Å²) in [5.74, 6) is 1.98. The van der Waals surface area contributed by atoms with Crippen molar-refractivity contribution in [1.29, 1.82) is 0 Å². The zero-order valence-corrected chi connectivity index (χ0v) is 8.97. The molecule has 0 heterocycles. The van der Waals surface area contributed by atoms with E-state index in [1.54, 1.807) is 0 Å². The van der Waals surface area contributed by atoms with E-state index in [0.717, 1.165) is 0 Å². The smallest absolute Gasteiger partial charge is 0.142 e. The van der Waals surface area contributed by atoms with Crippen LogP contribution in [0.4, 0.5) is 5.69 Å². The predicted molar refractivity (Wildman–Crippen MR) is 63.0 cm³/mol. The minimum atomic E-state index is 0.0105. The van der Waals surface area contributed by atoms with Gasteiger partial charge in [-0.05, 0) is 12.1 Å². The fourth-order valence-corrected chi connectivity index (χ4v) is 1.51. The number of thiol groups is 2. The Bertz CT molecular complexity index is 264. The van der Waals surface area contributed by atoms with Gasteiger partial charge in [-0.1, -0.05) is 12.1 Å². The Morgan fingerprint density at radius 3 is 2.38 bits per heavy atom. The van der Waals surface area contributed by atoms with Gasteiger partial charge in [0.15, 0.2) is 0 Å². The average Bonchev–Trinajstić information content (AvgIpc) is 2.17. The molecule has 0 saturated heterocycles. The first-order valence-electron chi connectivity index (χ1n) is 4.00. The number of anilines is 1. The molecular weight excluding hydrogens is 202 g/mol. The first-order valence-corrected chi connectivity index (χ1v) is 5.27. The fraction of sp³-hybridized carbons (Fsp3) is 0.333. The number of ether oxygens (including phenoxy) is 1. The summed E-state index contributed by atoms with van der Waals surface area (Å²) in [6, 6.07) is 7.41. The van der Waals surface area contributed by atoms with Gasteiger partial charge in [0.2, 0.25) is 0 Å². The average molecular weight is 215 g/mol. The minimum absolute atomic E-state index is 0.0105. The van der Waals surface area contributed by atoms with Gasteiger partial charge in [0.1, 0.15) is 11.9 Å². The number of rotatable bonds is 4. The monoisotopic (exact) mass is 215 g/mol. The van der Waals surface area contributed by atoms with Crippen LogP contribution >= 0.6 is 25.3 Å². The van der Waals surface area contributed by atoms with Crippen LogP contribution in [0.1, 0.15) is 0 Å². The molecule has 1 aromatic rings. The van der Waals surface area contributed by atoms with Crippen molar-refractivity contribution in [3.8, 4) is 5.75 Å². The first kappa shape index (κ1) is 10.6. The van der Waals surface area contributed by atoms with Crippen LogP contribution in [-0.4, -0.2) is 17.6 Å². The van der Waals surface area contributed by atoms with Gasteiger partial charge in [-0.25, -0.2) is 0 Å². The second kappa shape index (κ2) is 5.29. The van der Waals surface area contributed by atoms with E-state index in [4.69, 9.17) is 10.5 Å². The molecule has 0 bridgehead atoms. The third-order valence-electron chi connectivity index (χ3n) is 1.62. The van der Waals surface area contributed by atoms with E-state index in [-0.39, 0.29) is 6.10 Å². The van der Waals surface area contributed by atoms with Gasteiger partial charge in [-0.15, -0.1) is 0 Å². The molecule has 0 radical (unpaired) electrons. The van der Waals surface area contributed by atoms with Gasteiger partial charge in [-0.3, -0.25) is 0 Å². The summed E-state index contributed by atoms with van der Waals surface area (Å²) in [5.41, 5.74) is 6.35. The molecule has 2 N–H and O–H groups in total. The van der Waals surface area contributed by atoms with Gasteiger partial charge in [0.05, 0.1) is 5.69 Å². The minimum Gasteiger partial charge on any atom is -0.487 e. The van der Waals surface area contributed by atoms with E-state index in [1.807, 2.05) is 24.3 Å². The second-order valence-electron chi connectivity index (χ2n) is 2.64. The van der Waals surface area contributed by atoms with Gasteiger partial charge < -0.3 is 10.5 Å². The van der Waals surface area contributed by atoms with Crippen molar-refractivity contribution in [2.75, 3.05) is 17.2 Å². The molecule has 0 aromatic heterocycles. The Kier molecular flexibility index (Phi) is 4.32. The maximum atomic E-state index is 5.70. The van der Waals surface area contributed by atoms with Crippen molar-refractivity contribution in [2.45, 2.75) is 6.10 Å². The lowest BCUT2D eigenvalue weighted by molar-refractivity contribution is 0.253. The maximum Gasteiger partial charge on any atom is 0.142 e. The van der Waals surface area contributed by atoms with Crippen LogP contribution in [0.3, 0.4) is 0 Å². The highest BCUT2D eigenvalue weighted by molar-refractivity contribution is 7.81. The summed E-state index contributed by atoms with van der Waals surface area (Å²) in [4.78, 5) is 0. The van der Waals surface area contributed by atoms with Crippen LogP contribution in [-0.2, 0) is 0 Å². The summed E-state index contributed by atoms with van der Waals surface area (Å²) in [7, 11) is 0. The summed E-state index contributed by atoms with van der Waals surface area (Å²) in [5, 5.41) is 0. The Balaban J connectivity index is 2.67. The van der Waals surface area contributed by atoms with Crippen LogP contribution in [0.5, 0.6) is 5.75 Å². The summed E-state index contributed by atoms with van der Waals surface area (Å²) >= 11 is 8.29. The standard InChI is InChI=1S/C9H13NOS2/c10-8-3-1-2-4-9(8)11-7(5-12)6-13/h1-4,7,12-13H,5-6,10H2.